The lowest BCUT2D eigenvalue weighted by atomic mass is 9.79. The van der Waals surface area contributed by atoms with Crippen LogP contribution in [0, 0.1) is 11.8 Å². The molecular formula is C20H43N. The second kappa shape index (κ2) is 14.9. The molecule has 21 heavy (non-hydrogen) atoms. The molecule has 0 aliphatic heterocycles. The first kappa shape index (κ1) is 21.0. The van der Waals surface area contributed by atoms with Gasteiger partial charge in [-0.3, -0.25) is 0 Å². The Balaban J connectivity index is 4.17. The van der Waals surface area contributed by atoms with Gasteiger partial charge in [0.25, 0.3) is 0 Å². The minimum atomic E-state index is 0.998. The molecule has 0 bridgehead atoms. The van der Waals surface area contributed by atoms with E-state index >= 15 is 0 Å². The van der Waals surface area contributed by atoms with Crippen molar-refractivity contribution >= 4 is 0 Å². The van der Waals surface area contributed by atoms with Crippen LogP contribution in [0.2, 0.25) is 0 Å². The third kappa shape index (κ3) is 10.3. The predicted octanol–water partition coefficient (Wildman–Crippen LogP) is 6.52. The second-order valence-electron chi connectivity index (χ2n) is 6.76. The van der Waals surface area contributed by atoms with Crippen LogP contribution in [-0.2, 0) is 0 Å². The smallest absolute Gasteiger partial charge is 0.00190 e. The minimum Gasteiger partial charge on any atom is -0.304 e. The van der Waals surface area contributed by atoms with E-state index < -0.39 is 0 Å². The summed E-state index contributed by atoms with van der Waals surface area (Å²) >= 11 is 0. The van der Waals surface area contributed by atoms with Crippen LogP contribution in [0.1, 0.15) is 98.8 Å². The molecule has 0 aromatic rings. The van der Waals surface area contributed by atoms with Gasteiger partial charge in [0.1, 0.15) is 0 Å². The molecule has 0 heterocycles. The lowest BCUT2D eigenvalue weighted by molar-refractivity contribution is 0.238. The zero-order valence-electron chi connectivity index (χ0n) is 15.8. The fourth-order valence-electron chi connectivity index (χ4n) is 3.72. The van der Waals surface area contributed by atoms with Gasteiger partial charge in [-0.2, -0.15) is 0 Å². The summed E-state index contributed by atoms with van der Waals surface area (Å²) in [5, 5.41) is 0. The molecule has 0 radical (unpaired) electrons. The van der Waals surface area contributed by atoms with E-state index in [1.54, 1.807) is 0 Å². The van der Waals surface area contributed by atoms with E-state index in [1.165, 1.54) is 83.8 Å². The molecule has 0 aromatic heterocycles. The van der Waals surface area contributed by atoms with Crippen LogP contribution in [0.5, 0.6) is 0 Å². The Hall–Kier alpha value is -0.0400. The van der Waals surface area contributed by atoms with E-state index in [1.807, 2.05) is 0 Å². The van der Waals surface area contributed by atoms with Crippen molar-refractivity contribution in [3.63, 3.8) is 0 Å². The summed E-state index contributed by atoms with van der Waals surface area (Å²) < 4.78 is 0. The van der Waals surface area contributed by atoms with Crippen molar-refractivity contribution in [2.75, 3.05) is 19.6 Å². The van der Waals surface area contributed by atoms with Crippen molar-refractivity contribution in [1.82, 2.24) is 4.90 Å². The standard InChI is InChI=1S/C20H43N/c1-6-11-16-19(14-7-2)20(15-8-3)17-12-13-18-21(9-4)10-5/h19-20H,6-18H2,1-5H3. The van der Waals surface area contributed by atoms with E-state index in [0.717, 1.165) is 11.8 Å². The van der Waals surface area contributed by atoms with Crippen LogP contribution in [0.3, 0.4) is 0 Å². The first-order chi connectivity index (χ1) is 10.2. The summed E-state index contributed by atoms with van der Waals surface area (Å²) in [6.45, 7) is 15.4. The molecule has 0 spiro atoms. The van der Waals surface area contributed by atoms with Crippen molar-refractivity contribution in [3.8, 4) is 0 Å². The Morgan fingerprint density at radius 2 is 1.10 bits per heavy atom. The highest BCUT2D eigenvalue weighted by Crippen LogP contribution is 2.31. The summed E-state index contributed by atoms with van der Waals surface area (Å²) in [6, 6.07) is 0. The third-order valence-corrected chi connectivity index (χ3v) is 5.11. The van der Waals surface area contributed by atoms with Gasteiger partial charge >= 0.3 is 0 Å². The molecule has 0 rings (SSSR count). The molecule has 2 atom stereocenters. The molecule has 0 aromatic carbocycles. The van der Waals surface area contributed by atoms with Crippen molar-refractivity contribution < 1.29 is 0 Å². The van der Waals surface area contributed by atoms with Crippen LogP contribution in [0.15, 0.2) is 0 Å². The fraction of sp³-hybridized carbons (Fsp3) is 1.00. The Kier molecular flexibility index (Phi) is 14.9. The maximum absolute atomic E-state index is 2.56. The van der Waals surface area contributed by atoms with Gasteiger partial charge in [-0.25, -0.2) is 0 Å². The summed E-state index contributed by atoms with van der Waals surface area (Å²) in [4.78, 5) is 2.56. The van der Waals surface area contributed by atoms with E-state index in [2.05, 4.69) is 39.5 Å². The Bertz CT molecular complexity index is 198. The van der Waals surface area contributed by atoms with Gasteiger partial charge in [0.2, 0.25) is 0 Å². The summed E-state index contributed by atoms with van der Waals surface area (Å²) in [5.41, 5.74) is 0. The fourth-order valence-corrected chi connectivity index (χ4v) is 3.72. The SMILES string of the molecule is CCCCC(CCC)C(CCC)CCCCN(CC)CC. The molecule has 0 amide bonds. The molecule has 0 aliphatic carbocycles. The van der Waals surface area contributed by atoms with Crippen molar-refractivity contribution in [1.29, 1.82) is 0 Å². The van der Waals surface area contributed by atoms with Crippen LogP contribution in [-0.4, -0.2) is 24.5 Å². The number of hydrogen-bond donors (Lipinski definition) is 0. The van der Waals surface area contributed by atoms with Gasteiger partial charge in [-0.1, -0.05) is 92.4 Å². The largest absolute Gasteiger partial charge is 0.304 e. The first-order valence-electron chi connectivity index (χ1n) is 9.95. The van der Waals surface area contributed by atoms with Crippen molar-refractivity contribution in [3.05, 3.63) is 0 Å². The monoisotopic (exact) mass is 297 g/mol. The van der Waals surface area contributed by atoms with Gasteiger partial charge in [-0.15, -0.1) is 0 Å². The van der Waals surface area contributed by atoms with Crippen LogP contribution in [0.4, 0.5) is 0 Å². The highest BCUT2D eigenvalue weighted by Gasteiger charge is 2.19. The van der Waals surface area contributed by atoms with Crippen LogP contribution >= 0.6 is 0 Å². The highest BCUT2D eigenvalue weighted by molar-refractivity contribution is 4.71. The average molecular weight is 298 g/mol. The van der Waals surface area contributed by atoms with E-state index in [0.29, 0.717) is 0 Å². The summed E-state index contributed by atoms with van der Waals surface area (Å²) in [5.74, 6) is 2.00. The normalized spacial score (nSPS) is 14.6. The predicted molar refractivity (Wildman–Crippen MR) is 98.0 cm³/mol. The Morgan fingerprint density at radius 1 is 0.571 bits per heavy atom. The molecule has 0 saturated heterocycles. The lowest BCUT2D eigenvalue weighted by Crippen LogP contribution is -2.24. The lowest BCUT2D eigenvalue weighted by Gasteiger charge is -2.27. The molecule has 0 aliphatic rings. The number of hydrogen-bond acceptors (Lipinski definition) is 1. The minimum absolute atomic E-state index is 0.998. The van der Waals surface area contributed by atoms with Crippen LogP contribution < -0.4 is 0 Å². The zero-order chi connectivity index (χ0) is 15.9. The molecule has 0 saturated carbocycles. The molecule has 1 nitrogen and oxygen atoms in total. The number of nitrogens with zero attached hydrogens (tertiary/aromatic N) is 1. The van der Waals surface area contributed by atoms with Gasteiger partial charge in [-0.05, 0) is 37.9 Å². The average Bonchev–Trinajstić information content (AvgIpc) is 2.50. The molecular weight excluding hydrogens is 254 g/mol. The van der Waals surface area contributed by atoms with E-state index in [9.17, 15) is 0 Å². The second-order valence-corrected chi connectivity index (χ2v) is 6.76. The third-order valence-electron chi connectivity index (χ3n) is 5.11. The molecule has 128 valence electrons. The van der Waals surface area contributed by atoms with Crippen molar-refractivity contribution in [2.24, 2.45) is 11.8 Å². The summed E-state index contributed by atoms with van der Waals surface area (Å²) in [6.07, 6.45) is 14.2. The van der Waals surface area contributed by atoms with Gasteiger partial charge in [0.15, 0.2) is 0 Å². The van der Waals surface area contributed by atoms with Gasteiger partial charge < -0.3 is 4.90 Å². The summed E-state index contributed by atoms with van der Waals surface area (Å²) in [7, 11) is 0. The van der Waals surface area contributed by atoms with Crippen molar-refractivity contribution in [2.45, 2.75) is 98.8 Å². The quantitative estimate of drug-likeness (QED) is 0.311. The molecule has 2 unspecified atom stereocenters. The Morgan fingerprint density at radius 3 is 1.52 bits per heavy atom. The highest BCUT2D eigenvalue weighted by atomic mass is 15.1. The number of rotatable bonds is 15. The number of unbranched alkanes of at least 4 members (excludes halogenated alkanes) is 2. The zero-order valence-corrected chi connectivity index (χ0v) is 15.8. The molecule has 0 N–H and O–H groups in total. The maximum atomic E-state index is 2.56. The molecule has 0 fully saturated rings. The van der Waals surface area contributed by atoms with Gasteiger partial charge in [0, 0.05) is 0 Å². The topological polar surface area (TPSA) is 3.24 Å². The van der Waals surface area contributed by atoms with Gasteiger partial charge in [0.05, 0.1) is 0 Å². The van der Waals surface area contributed by atoms with E-state index in [4.69, 9.17) is 0 Å². The molecule has 1 heteroatoms. The van der Waals surface area contributed by atoms with Crippen LogP contribution in [0.25, 0.3) is 0 Å². The van der Waals surface area contributed by atoms with E-state index in [-0.39, 0.29) is 0 Å². The first-order valence-corrected chi connectivity index (χ1v) is 9.95. The Labute approximate surface area is 135 Å². The maximum Gasteiger partial charge on any atom is -0.00190 e.